The molecule has 1 aromatic heterocycles. The van der Waals surface area contributed by atoms with Crippen molar-refractivity contribution in [1.29, 1.82) is 0 Å². The van der Waals surface area contributed by atoms with E-state index in [4.69, 9.17) is 18.6 Å². The smallest absolute Gasteiger partial charge is 0.336 e. The van der Waals surface area contributed by atoms with Crippen LogP contribution in [0.5, 0.6) is 5.75 Å². The zero-order valence-corrected chi connectivity index (χ0v) is 11.7. The van der Waals surface area contributed by atoms with Crippen LogP contribution in [-0.2, 0) is 14.3 Å². The number of esters is 1. The highest BCUT2D eigenvalue weighted by Crippen LogP contribution is 2.19. The van der Waals surface area contributed by atoms with E-state index < -0.39 is 0 Å². The Morgan fingerprint density at radius 3 is 2.71 bits per heavy atom. The monoisotopic (exact) mass is 292 g/mol. The molecule has 0 aliphatic carbocycles. The number of hydrogen-bond acceptors (Lipinski definition) is 6. The molecule has 21 heavy (non-hydrogen) atoms. The van der Waals surface area contributed by atoms with Gasteiger partial charge in [-0.2, -0.15) is 0 Å². The third kappa shape index (κ3) is 4.92. The topological polar surface area (TPSA) is 75.0 Å². The van der Waals surface area contributed by atoms with Gasteiger partial charge in [-0.15, -0.1) is 0 Å². The van der Waals surface area contributed by atoms with E-state index in [2.05, 4.69) is 0 Å². The Balaban J connectivity index is 1.75. The van der Waals surface area contributed by atoms with E-state index in [1.165, 1.54) is 13.0 Å². The Morgan fingerprint density at radius 1 is 1.10 bits per heavy atom. The standard InChI is InChI=1S/C15H16O6/c1-11(16)19-8-6-18-7-9-20-13-3-4-14-12(10-13)2-5-15(17)21-14/h2-5,10H,6-9H2,1H3. The highest BCUT2D eigenvalue weighted by molar-refractivity contribution is 5.77. The van der Waals surface area contributed by atoms with Gasteiger partial charge in [-0.1, -0.05) is 0 Å². The quantitative estimate of drug-likeness (QED) is 0.440. The first-order chi connectivity index (χ1) is 10.1. The van der Waals surface area contributed by atoms with Crippen molar-refractivity contribution in [3.05, 3.63) is 40.8 Å². The number of ether oxygens (including phenoxy) is 3. The highest BCUT2D eigenvalue weighted by Gasteiger charge is 2.00. The average Bonchev–Trinajstić information content (AvgIpc) is 2.46. The number of benzene rings is 1. The van der Waals surface area contributed by atoms with Crippen LogP contribution in [0.4, 0.5) is 0 Å². The van der Waals surface area contributed by atoms with Crippen molar-refractivity contribution in [2.24, 2.45) is 0 Å². The van der Waals surface area contributed by atoms with Gasteiger partial charge in [-0.25, -0.2) is 4.79 Å². The van der Waals surface area contributed by atoms with Crippen molar-refractivity contribution in [2.45, 2.75) is 6.92 Å². The first kappa shape index (κ1) is 15.1. The van der Waals surface area contributed by atoms with Crippen molar-refractivity contribution in [3.8, 4) is 5.75 Å². The third-order valence-electron chi connectivity index (χ3n) is 2.62. The molecule has 0 spiro atoms. The Kier molecular flexibility index (Phi) is 5.34. The van der Waals surface area contributed by atoms with Crippen LogP contribution >= 0.6 is 0 Å². The summed E-state index contributed by atoms with van der Waals surface area (Å²) in [6.07, 6.45) is 0. The first-order valence-corrected chi connectivity index (χ1v) is 6.53. The van der Waals surface area contributed by atoms with E-state index in [0.717, 1.165) is 5.39 Å². The van der Waals surface area contributed by atoms with E-state index >= 15 is 0 Å². The molecule has 0 aliphatic rings. The predicted molar refractivity (Wildman–Crippen MR) is 75.4 cm³/mol. The molecule has 0 N–H and O–H groups in total. The molecule has 0 bridgehead atoms. The minimum absolute atomic E-state index is 0.240. The van der Waals surface area contributed by atoms with Crippen molar-refractivity contribution < 1.29 is 23.4 Å². The summed E-state index contributed by atoms with van der Waals surface area (Å²) in [5, 5.41) is 0.794. The lowest BCUT2D eigenvalue weighted by Crippen LogP contribution is -2.12. The summed E-state index contributed by atoms with van der Waals surface area (Å²) in [5.74, 6) is 0.345. The maximum absolute atomic E-state index is 11.1. The Morgan fingerprint density at radius 2 is 1.90 bits per heavy atom. The van der Waals surface area contributed by atoms with Crippen molar-refractivity contribution in [2.75, 3.05) is 26.4 Å². The normalized spacial score (nSPS) is 10.5. The van der Waals surface area contributed by atoms with Gasteiger partial charge in [0.1, 0.15) is 24.5 Å². The number of rotatable bonds is 7. The fourth-order valence-corrected chi connectivity index (χ4v) is 1.70. The summed E-state index contributed by atoms with van der Waals surface area (Å²) in [6.45, 7) is 2.70. The van der Waals surface area contributed by atoms with Crippen LogP contribution in [0, 0.1) is 0 Å². The number of carbonyl (C=O) groups excluding carboxylic acids is 1. The summed E-state index contributed by atoms with van der Waals surface area (Å²) >= 11 is 0. The van der Waals surface area contributed by atoms with Gasteiger partial charge in [0.05, 0.1) is 13.2 Å². The van der Waals surface area contributed by atoms with Crippen LogP contribution in [0.1, 0.15) is 6.92 Å². The minimum atomic E-state index is -0.377. The second-order valence-electron chi connectivity index (χ2n) is 4.25. The Bertz CT molecular complexity index is 661. The lowest BCUT2D eigenvalue weighted by Gasteiger charge is -2.07. The third-order valence-corrected chi connectivity index (χ3v) is 2.62. The van der Waals surface area contributed by atoms with Gasteiger partial charge in [-0.3, -0.25) is 4.79 Å². The molecule has 0 amide bonds. The lowest BCUT2D eigenvalue weighted by molar-refractivity contribution is -0.142. The zero-order chi connectivity index (χ0) is 15.1. The van der Waals surface area contributed by atoms with Crippen LogP contribution in [0.2, 0.25) is 0 Å². The molecule has 6 heteroatoms. The summed E-state index contributed by atoms with van der Waals surface area (Å²) in [5.41, 5.74) is 0.143. The van der Waals surface area contributed by atoms with Crippen LogP contribution in [0.25, 0.3) is 11.0 Å². The zero-order valence-electron chi connectivity index (χ0n) is 11.7. The van der Waals surface area contributed by atoms with Crippen LogP contribution in [0.15, 0.2) is 39.5 Å². The van der Waals surface area contributed by atoms with E-state index in [9.17, 15) is 9.59 Å². The molecule has 0 unspecified atom stereocenters. The number of fused-ring (bicyclic) bond motifs is 1. The van der Waals surface area contributed by atoms with Crippen LogP contribution in [0.3, 0.4) is 0 Å². The largest absolute Gasteiger partial charge is 0.491 e. The molecule has 1 aromatic carbocycles. The van der Waals surface area contributed by atoms with Gasteiger partial charge in [0.15, 0.2) is 0 Å². The molecule has 0 fully saturated rings. The molecule has 6 nitrogen and oxygen atoms in total. The molecule has 0 atom stereocenters. The average molecular weight is 292 g/mol. The van der Waals surface area contributed by atoms with E-state index in [0.29, 0.717) is 31.2 Å². The van der Waals surface area contributed by atoms with Gasteiger partial charge in [0.25, 0.3) is 0 Å². The second-order valence-corrected chi connectivity index (χ2v) is 4.25. The molecule has 0 saturated heterocycles. The molecular weight excluding hydrogens is 276 g/mol. The van der Waals surface area contributed by atoms with Crippen LogP contribution in [-0.4, -0.2) is 32.4 Å². The second kappa shape index (κ2) is 7.44. The van der Waals surface area contributed by atoms with Gasteiger partial charge in [-0.05, 0) is 24.3 Å². The fraction of sp³-hybridized carbons (Fsp3) is 0.333. The lowest BCUT2D eigenvalue weighted by atomic mass is 10.2. The highest BCUT2D eigenvalue weighted by atomic mass is 16.6. The van der Waals surface area contributed by atoms with Gasteiger partial charge in [0.2, 0.25) is 0 Å². The van der Waals surface area contributed by atoms with Crippen molar-refractivity contribution >= 4 is 16.9 Å². The van der Waals surface area contributed by atoms with Crippen molar-refractivity contribution in [3.63, 3.8) is 0 Å². The molecule has 112 valence electrons. The van der Waals surface area contributed by atoms with Gasteiger partial charge in [0, 0.05) is 18.4 Å². The molecule has 2 aromatic rings. The Labute approximate surface area is 121 Å². The SMILES string of the molecule is CC(=O)OCCOCCOc1ccc2oc(=O)ccc2c1. The van der Waals surface area contributed by atoms with E-state index in [1.54, 1.807) is 24.3 Å². The van der Waals surface area contributed by atoms with E-state index in [-0.39, 0.29) is 18.2 Å². The van der Waals surface area contributed by atoms with E-state index in [1.807, 2.05) is 0 Å². The summed E-state index contributed by atoms with van der Waals surface area (Å²) in [6, 6.07) is 8.25. The molecule has 1 heterocycles. The van der Waals surface area contributed by atoms with Crippen molar-refractivity contribution in [1.82, 2.24) is 0 Å². The molecule has 2 rings (SSSR count). The Hall–Kier alpha value is -2.34. The maximum atomic E-state index is 11.1. The minimum Gasteiger partial charge on any atom is -0.491 e. The predicted octanol–water partition coefficient (Wildman–Crippen LogP) is 1.75. The molecular formula is C15H16O6. The van der Waals surface area contributed by atoms with Gasteiger partial charge >= 0.3 is 11.6 Å². The van der Waals surface area contributed by atoms with Crippen LogP contribution < -0.4 is 10.4 Å². The maximum Gasteiger partial charge on any atom is 0.336 e. The first-order valence-electron chi connectivity index (χ1n) is 6.53. The summed E-state index contributed by atoms with van der Waals surface area (Å²) < 4.78 is 20.5. The number of carbonyl (C=O) groups is 1. The molecule has 0 saturated carbocycles. The number of hydrogen-bond donors (Lipinski definition) is 0. The summed E-state index contributed by atoms with van der Waals surface area (Å²) in [4.78, 5) is 21.6. The van der Waals surface area contributed by atoms with Gasteiger partial charge < -0.3 is 18.6 Å². The molecule has 0 aliphatic heterocycles. The fourth-order valence-electron chi connectivity index (χ4n) is 1.70. The molecule has 0 radical (unpaired) electrons. The summed E-state index contributed by atoms with van der Waals surface area (Å²) in [7, 11) is 0.